The molecule has 6 heteroatoms. The molecular weight excluding hydrogens is 453 g/mol. The molecule has 33 heavy (non-hydrogen) atoms. The summed E-state index contributed by atoms with van der Waals surface area (Å²) in [6, 6.07) is 25.1. The van der Waals surface area contributed by atoms with Gasteiger partial charge in [-0.3, -0.25) is 4.79 Å². The Kier molecular flexibility index (Phi) is 6.12. The molecule has 0 N–H and O–H groups in total. The number of nitrogens with zero attached hydrogens (tertiary/aromatic N) is 3. The van der Waals surface area contributed by atoms with Crippen LogP contribution >= 0.6 is 23.2 Å². The minimum Gasteiger partial charge on any atom is -0.338 e. The molecule has 0 saturated heterocycles. The molecule has 5 rings (SSSR count). The lowest BCUT2D eigenvalue weighted by Crippen LogP contribution is -2.37. The minimum atomic E-state index is 0.0729. The minimum absolute atomic E-state index is 0.0729. The van der Waals surface area contributed by atoms with Crippen LogP contribution in [0.4, 0.5) is 0 Å². The number of carbonyl (C=O) groups excluding carboxylic acids is 1. The van der Waals surface area contributed by atoms with E-state index in [9.17, 15) is 4.79 Å². The third-order valence-corrected chi connectivity index (χ3v) is 6.29. The van der Waals surface area contributed by atoms with E-state index in [1.165, 1.54) is 0 Å². The summed E-state index contributed by atoms with van der Waals surface area (Å²) < 4.78 is 0. The SMILES string of the molecule is O=C(Cc1cccc(Cl)c1)N1CCc2nc(-c3ccc(Cl)cc3)nc(-c3ccccc3)c2C1. The second-order valence-electron chi connectivity index (χ2n) is 8.07. The van der Waals surface area contributed by atoms with Crippen molar-refractivity contribution in [3.8, 4) is 22.6 Å². The maximum Gasteiger partial charge on any atom is 0.227 e. The van der Waals surface area contributed by atoms with Crippen molar-refractivity contribution in [3.05, 3.63) is 106 Å². The first-order chi connectivity index (χ1) is 16.1. The van der Waals surface area contributed by atoms with Crippen molar-refractivity contribution in [1.29, 1.82) is 0 Å². The van der Waals surface area contributed by atoms with Gasteiger partial charge in [0.1, 0.15) is 0 Å². The molecular formula is C27H21Cl2N3O. The van der Waals surface area contributed by atoms with Crippen molar-refractivity contribution >= 4 is 29.1 Å². The van der Waals surface area contributed by atoms with Crippen LogP contribution in [-0.2, 0) is 24.2 Å². The van der Waals surface area contributed by atoms with Gasteiger partial charge in [-0.25, -0.2) is 9.97 Å². The number of rotatable bonds is 4. The second kappa shape index (κ2) is 9.34. The molecule has 1 amide bonds. The lowest BCUT2D eigenvalue weighted by Gasteiger charge is -2.30. The van der Waals surface area contributed by atoms with Crippen molar-refractivity contribution in [3.63, 3.8) is 0 Å². The van der Waals surface area contributed by atoms with Crippen LogP contribution in [0.25, 0.3) is 22.6 Å². The standard InChI is InChI=1S/C27H21Cl2N3O/c28-21-11-9-20(10-12-21)27-30-24-13-14-32(25(33)16-18-5-4-8-22(29)15-18)17-23(24)26(31-27)19-6-2-1-3-7-19/h1-12,15H,13-14,16-17H2. The number of hydrogen-bond donors (Lipinski definition) is 0. The molecule has 4 nitrogen and oxygen atoms in total. The third kappa shape index (κ3) is 4.77. The maximum absolute atomic E-state index is 13.1. The molecule has 0 atom stereocenters. The monoisotopic (exact) mass is 473 g/mol. The number of carbonyl (C=O) groups is 1. The molecule has 0 bridgehead atoms. The first-order valence-corrected chi connectivity index (χ1v) is 11.6. The molecule has 0 fully saturated rings. The Hall–Kier alpha value is -3.21. The largest absolute Gasteiger partial charge is 0.338 e. The number of aromatic nitrogens is 2. The molecule has 0 aliphatic carbocycles. The van der Waals surface area contributed by atoms with Gasteiger partial charge in [0.25, 0.3) is 0 Å². The summed E-state index contributed by atoms with van der Waals surface area (Å²) in [6.07, 6.45) is 1.000. The number of amides is 1. The molecule has 0 unspecified atom stereocenters. The van der Waals surface area contributed by atoms with Gasteiger partial charge in [0, 0.05) is 46.2 Å². The van der Waals surface area contributed by atoms with Crippen molar-refractivity contribution in [2.45, 2.75) is 19.4 Å². The van der Waals surface area contributed by atoms with E-state index < -0.39 is 0 Å². The summed E-state index contributed by atoms with van der Waals surface area (Å²) in [5.74, 6) is 0.742. The summed E-state index contributed by atoms with van der Waals surface area (Å²) in [7, 11) is 0. The van der Waals surface area contributed by atoms with Crippen molar-refractivity contribution in [1.82, 2.24) is 14.9 Å². The van der Waals surface area contributed by atoms with E-state index in [4.69, 9.17) is 33.2 Å². The van der Waals surface area contributed by atoms with Crippen molar-refractivity contribution in [2.75, 3.05) is 6.54 Å². The van der Waals surface area contributed by atoms with Crippen LogP contribution in [0, 0.1) is 0 Å². The average molecular weight is 474 g/mol. The van der Waals surface area contributed by atoms with E-state index in [1.54, 1.807) is 0 Å². The van der Waals surface area contributed by atoms with Gasteiger partial charge >= 0.3 is 0 Å². The van der Waals surface area contributed by atoms with Gasteiger partial charge in [-0.1, -0.05) is 65.7 Å². The zero-order valence-corrected chi connectivity index (χ0v) is 19.4. The molecule has 164 valence electrons. The average Bonchev–Trinajstić information content (AvgIpc) is 2.84. The number of halogens is 2. The molecule has 3 aromatic carbocycles. The van der Waals surface area contributed by atoms with Crippen LogP contribution in [0.15, 0.2) is 78.9 Å². The molecule has 1 aliphatic rings. The fraction of sp³-hybridized carbons (Fsp3) is 0.148. The summed E-state index contributed by atoms with van der Waals surface area (Å²) in [5.41, 5.74) is 5.70. The van der Waals surface area contributed by atoms with E-state index >= 15 is 0 Å². The van der Waals surface area contributed by atoms with Gasteiger partial charge in [-0.2, -0.15) is 0 Å². The molecule has 0 spiro atoms. The summed E-state index contributed by atoms with van der Waals surface area (Å²) in [5, 5.41) is 1.31. The van der Waals surface area contributed by atoms with Gasteiger partial charge in [0.15, 0.2) is 5.82 Å². The number of hydrogen-bond acceptors (Lipinski definition) is 3. The predicted octanol–water partition coefficient (Wildman–Crippen LogP) is 6.24. The fourth-order valence-electron chi connectivity index (χ4n) is 4.12. The summed E-state index contributed by atoms with van der Waals surface area (Å²) >= 11 is 12.2. The van der Waals surface area contributed by atoms with E-state index in [2.05, 4.69) is 0 Å². The third-order valence-electron chi connectivity index (χ3n) is 5.81. The Bertz CT molecular complexity index is 1310. The highest BCUT2D eigenvalue weighted by Gasteiger charge is 2.26. The molecule has 0 radical (unpaired) electrons. The van der Waals surface area contributed by atoms with E-state index in [0.29, 0.717) is 41.8 Å². The van der Waals surface area contributed by atoms with Crippen LogP contribution in [0.5, 0.6) is 0 Å². The fourth-order valence-corrected chi connectivity index (χ4v) is 4.46. The molecule has 1 aromatic heterocycles. The van der Waals surface area contributed by atoms with Gasteiger partial charge in [-0.05, 0) is 42.0 Å². The zero-order valence-electron chi connectivity index (χ0n) is 17.8. The lowest BCUT2D eigenvalue weighted by molar-refractivity contribution is -0.131. The van der Waals surface area contributed by atoms with Crippen LogP contribution in [0.3, 0.4) is 0 Å². The quantitative estimate of drug-likeness (QED) is 0.352. The molecule has 2 heterocycles. The van der Waals surface area contributed by atoms with Crippen LogP contribution in [0.2, 0.25) is 10.0 Å². The van der Waals surface area contributed by atoms with Gasteiger partial charge in [-0.15, -0.1) is 0 Å². The predicted molar refractivity (Wildman–Crippen MR) is 132 cm³/mol. The number of fused-ring (bicyclic) bond motifs is 1. The van der Waals surface area contributed by atoms with Gasteiger partial charge in [0.2, 0.25) is 5.91 Å². The summed E-state index contributed by atoms with van der Waals surface area (Å²) in [6.45, 7) is 1.11. The van der Waals surface area contributed by atoms with Crippen molar-refractivity contribution in [2.24, 2.45) is 0 Å². The Morgan fingerprint density at radius 1 is 0.848 bits per heavy atom. The summed E-state index contributed by atoms with van der Waals surface area (Å²) in [4.78, 5) is 24.8. The molecule has 0 saturated carbocycles. The van der Waals surface area contributed by atoms with Crippen molar-refractivity contribution < 1.29 is 4.79 Å². The first-order valence-electron chi connectivity index (χ1n) is 10.8. The number of benzene rings is 3. The Morgan fingerprint density at radius 3 is 2.39 bits per heavy atom. The Morgan fingerprint density at radius 2 is 1.64 bits per heavy atom. The topological polar surface area (TPSA) is 46.1 Å². The molecule has 1 aliphatic heterocycles. The maximum atomic E-state index is 13.1. The Balaban J connectivity index is 1.50. The zero-order chi connectivity index (χ0) is 22.8. The van der Waals surface area contributed by atoms with Crippen LogP contribution in [-0.4, -0.2) is 27.3 Å². The van der Waals surface area contributed by atoms with Crippen LogP contribution < -0.4 is 0 Å². The highest BCUT2D eigenvalue weighted by atomic mass is 35.5. The van der Waals surface area contributed by atoms with E-state index in [1.807, 2.05) is 83.8 Å². The smallest absolute Gasteiger partial charge is 0.227 e. The van der Waals surface area contributed by atoms with Crippen LogP contribution in [0.1, 0.15) is 16.8 Å². The molecule has 4 aromatic rings. The highest BCUT2D eigenvalue weighted by Crippen LogP contribution is 2.31. The Labute approximate surface area is 202 Å². The second-order valence-corrected chi connectivity index (χ2v) is 8.94. The normalized spacial score (nSPS) is 13.0. The highest BCUT2D eigenvalue weighted by molar-refractivity contribution is 6.30. The van der Waals surface area contributed by atoms with Gasteiger partial charge in [0.05, 0.1) is 17.8 Å². The first kappa shape index (κ1) is 21.6. The van der Waals surface area contributed by atoms with E-state index in [-0.39, 0.29) is 5.91 Å². The lowest BCUT2D eigenvalue weighted by atomic mass is 9.98. The van der Waals surface area contributed by atoms with Gasteiger partial charge < -0.3 is 4.90 Å². The van der Waals surface area contributed by atoms with E-state index in [0.717, 1.165) is 33.6 Å².